The lowest BCUT2D eigenvalue weighted by molar-refractivity contribution is 0.140. The number of hydrogen-bond acceptors (Lipinski definition) is 3. The van der Waals surface area contributed by atoms with Crippen molar-refractivity contribution in [1.29, 1.82) is 0 Å². The van der Waals surface area contributed by atoms with E-state index in [0.29, 0.717) is 0 Å². The maximum absolute atomic E-state index is 5.36. The molecule has 1 aromatic rings. The zero-order valence-electron chi connectivity index (χ0n) is 9.29. The molecule has 0 fully saturated rings. The van der Waals surface area contributed by atoms with Crippen LogP contribution in [0.1, 0.15) is 17.7 Å². The third-order valence-corrected chi connectivity index (χ3v) is 2.14. The number of aryl methyl sites for hydroxylation is 1. The summed E-state index contributed by atoms with van der Waals surface area (Å²) in [5, 5.41) is 3.26. The summed E-state index contributed by atoms with van der Waals surface area (Å²) in [7, 11) is 0. The van der Waals surface area contributed by atoms with Crippen LogP contribution in [0.5, 0.6) is 0 Å². The second-order valence-corrected chi connectivity index (χ2v) is 3.39. The highest BCUT2D eigenvalue weighted by Gasteiger charge is 1.99. The van der Waals surface area contributed by atoms with Gasteiger partial charge in [-0.2, -0.15) is 0 Å². The van der Waals surface area contributed by atoms with E-state index in [0.717, 1.165) is 38.5 Å². The van der Waals surface area contributed by atoms with E-state index in [1.807, 2.05) is 19.1 Å². The zero-order valence-corrected chi connectivity index (χ0v) is 9.29. The lowest BCUT2D eigenvalue weighted by Gasteiger charge is -2.04. The van der Waals surface area contributed by atoms with Crippen LogP contribution in [0, 0.1) is 6.92 Å². The van der Waals surface area contributed by atoms with Crippen molar-refractivity contribution in [3.8, 4) is 0 Å². The minimum atomic E-state index is 0.730. The monoisotopic (exact) mass is 209 g/mol. The summed E-state index contributed by atoms with van der Waals surface area (Å²) in [4.78, 5) is 0. The van der Waals surface area contributed by atoms with Gasteiger partial charge >= 0.3 is 0 Å². The van der Waals surface area contributed by atoms with E-state index in [4.69, 9.17) is 9.15 Å². The third-order valence-electron chi connectivity index (χ3n) is 2.14. The van der Waals surface area contributed by atoms with Crippen LogP contribution in [0.3, 0.4) is 0 Å². The number of furan rings is 1. The molecular formula is C12H19NO2. The molecule has 0 aromatic carbocycles. The standard InChI is InChI=1S/C12H19NO2/c1-3-4-7-14-9-6-13-10-12-11(2)5-8-15-12/h3,5,8,13H,1,4,6-7,9-10H2,2H3. The predicted molar refractivity (Wildman–Crippen MR) is 60.8 cm³/mol. The molecule has 3 heteroatoms. The van der Waals surface area contributed by atoms with E-state index in [9.17, 15) is 0 Å². The Kier molecular flexibility index (Phi) is 5.81. The molecule has 0 bridgehead atoms. The molecule has 0 unspecified atom stereocenters. The van der Waals surface area contributed by atoms with Gasteiger partial charge < -0.3 is 14.5 Å². The van der Waals surface area contributed by atoms with Crippen LogP contribution >= 0.6 is 0 Å². The van der Waals surface area contributed by atoms with Crippen molar-refractivity contribution < 1.29 is 9.15 Å². The van der Waals surface area contributed by atoms with Gasteiger partial charge in [0.25, 0.3) is 0 Å². The zero-order chi connectivity index (χ0) is 10.9. The fourth-order valence-electron chi connectivity index (χ4n) is 1.20. The summed E-state index contributed by atoms with van der Waals surface area (Å²) in [5.74, 6) is 1.00. The van der Waals surface area contributed by atoms with Crippen LogP contribution in [-0.4, -0.2) is 19.8 Å². The third kappa shape index (κ3) is 4.81. The first-order valence-corrected chi connectivity index (χ1v) is 5.27. The van der Waals surface area contributed by atoms with E-state index >= 15 is 0 Å². The minimum Gasteiger partial charge on any atom is -0.468 e. The SMILES string of the molecule is C=CCCOCCNCc1occc1C. The fourth-order valence-corrected chi connectivity index (χ4v) is 1.20. The van der Waals surface area contributed by atoms with Crippen molar-refractivity contribution in [3.63, 3.8) is 0 Å². The van der Waals surface area contributed by atoms with Gasteiger partial charge in [-0.15, -0.1) is 6.58 Å². The lowest BCUT2D eigenvalue weighted by atomic mass is 10.3. The molecule has 0 saturated carbocycles. The van der Waals surface area contributed by atoms with E-state index in [1.54, 1.807) is 6.26 Å². The summed E-state index contributed by atoms with van der Waals surface area (Å²) in [6, 6.07) is 1.97. The number of nitrogens with one attached hydrogen (secondary N) is 1. The summed E-state index contributed by atoms with van der Waals surface area (Å²) in [5.41, 5.74) is 1.19. The van der Waals surface area contributed by atoms with Gasteiger partial charge in [0.15, 0.2) is 0 Å². The Morgan fingerprint density at radius 1 is 1.53 bits per heavy atom. The molecule has 0 amide bonds. The Bertz CT molecular complexity index is 281. The number of ether oxygens (including phenoxy) is 1. The average molecular weight is 209 g/mol. The Labute approximate surface area is 91.1 Å². The van der Waals surface area contributed by atoms with Gasteiger partial charge in [-0.05, 0) is 25.0 Å². The normalized spacial score (nSPS) is 10.5. The number of hydrogen-bond donors (Lipinski definition) is 1. The first-order chi connectivity index (χ1) is 7.34. The average Bonchev–Trinajstić information content (AvgIpc) is 2.63. The molecule has 1 rings (SSSR count). The van der Waals surface area contributed by atoms with Crippen molar-refractivity contribution >= 4 is 0 Å². The van der Waals surface area contributed by atoms with Crippen molar-refractivity contribution in [2.75, 3.05) is 19.8 Å². The summed E-state index contributed by atoms with van der Waals surface area (Å²) in [6.07, 6.45) is 4.49. The van der Waals surface area contributed by atoms with Crippen LogP contribution < -0.4 is 5.32 Å². The summed E-state index contributed by atoms with van der Waals surface area (Å²) in [6.45, 7) is 8.77. The molecule has 1 heterocycles. The van der Waals surface area contributed by atoms with Crippen molar-refractivity contribution in [2.45, 2.75) is 19.9 Å². The lowest BCUT2D eigenvalue weighted by Crippen LogP contribution is -2.19. The highest BCUT2D eigenvalue weighted by Crippen LogP contribution is 2.07. The van der Waals surface area contributed by atoms with Gasteiger partial charge in [0.1, 0.15) is 5.76 Å². The molecule has 3 nitrogen and oxygen atoms in total. The highest BCUT2D eigenvalue weighted by atomic mass is 16.5. The first kappa shape index (κ1) is 12.0. The highest BCUT2D eigenvalue weighted by molar-refractivity contribution is 5.13. The van der Waals surface area contributed by atoms with E-state index < -0.39 is 0 Å². The second kappa shape index (κ2) is 7.26. The van der Waals surface area contributed by atoms with Crippen LogP contribution in [-0.2, 0) is 11.3 Å². The van der Waals surface area contributed by atoms with Crippen LogP contribution in [0.25, 0.3) is 0 Å². The van der Waals surface area contributed by atoms with E-state index in [1.165, 1.54) is 5.56 Å². The molecule has 84 valence electrons. The molecular weight excluding hydrogens is 190 g/mol. The van der Waals surface area contributed by atoms with Crippen LogP contribution in [0.4, 0.5) is 0 Å². The maximum Gasteiger partial charge on any atom is 0.120 e. The van der Waals surface area contributed by atoms with Gasteiger partial charge in [-0.1, -0.05) is 6.08 Å². The fraction of sp³-hybridized carbons (Fsp3) is 0.500. The Hall–Kier alpha value is -1.06. The predicted octanol–water partition coefficient (Wildman–Crippen LogP) is 2.27. The summed E-state index contributed by atoms with van der Waals surface area (Å²) >= 11 is 0. The minimum absolute atomic E-state index is 0.730. The largest absolute Gasteiger partial charge is 0.468 e. The Morgan fingerprint density at radius 3 is 3.07 bits per heavy atom. The molecule has 1 N–H and O–H groups in total. The molecule has 0 saturated heterocycles. The maximum atomic E-state index is 5.36. The topological polar surface area (TPSA) is 34.4 Å². The van der Waals surface area contributed by atoms with E-state index in [-0.39, 0.29) is 0 Å². The van der Waals surface area contributed by atoms with Crippen LogP contribution in [0.15, 0.2) is 29.4 Å². The van der Waals surface area contributed by atoms with Crippen molar-refractivity contribution in [1.82, 2.24) is 5.32 Å². The van der Waals surface area contributed by atoms with Crippen LogP contribution in [0.2, 0.25) is 0 Å². The first-order valence-electron chi connectivity index (χ1n) is 5.27. The van der Waals surface area contributed by atoms with Gasteiger partial charge in [-0.3, -0.25) is 0 Å². The van der Waals surface area contributed by atoms with Gasteiger partial charge in [0.05, 0.1) is 26.0 Å². The van der Waals surface area contributed by atoms with E-state index in [2.05, 4.69) is 11.9 Å². The number of rotatable bonds is 8. The van der Waals surface area contributed by atoms with Crippen molar-refractivity contribution in [3.05, 3.63) is 36.3 Å². The molecule has 15 heavy (non-hydrogen) atoms. The summed E-state index contributed by atoms with van der Waals surface area (Å²) < 4.78 is 10.7. The van der Waals surface area contributed by atoms with Gasteiger partial charge in [0, 0.05) is 6.54 Å². The van der Waals surface area contributed by atoms with Gasteiger partial charge in [0.2, 0.25) is 0 Å². The smallest absolute Gasteiger partial charge is 0.120 e. The quantitative estimate of drug-likeness (QED) is 0.527. The molecule has 0 spiro atoms. The molecule has 1 aromatic heterocycles. The molecule has 0 radical (unpaired) electrons. The molecule has 0 aliphatic heterocycles. The van der Waals surface area contributed by atoms with Gasteiger partial charge in [-0.25, -0.2) is 0 Å². The Morgan fingerprint density at radius 2 is 2.40 bits per heavy atom. The Balaban J connectivity index is 1.98. The second-order valence-electron chi connectivity index (χ2n) is 3.39. The molecule has 0 aliphatic rings. The molecule has 0 aliphatic carbocycles. The van der Waals surface area contributed by atoms with Crippen molar-refractivity contribution in [2.24, 2.45) is 0 Å². The molecule has 0 atom stereocenters.